The maximum Gasteiger partial charge on any atom is 0.298 e. The van der Waals surface area contributed by atoms with Crippen molar-refractivity contribution in [2.45, 2.75) is 20.3 Å². The van der Waals surface area contributed by atoms with Crippen LogP contribution in [0, 0.1) is 6.92 Å². The number of rotatable bonds is 5. The van der Waals surface area contributed by atoms with Gasteiger partial charge in [0.15, 0.2) is 5.13 Å². The van der Waals surface area contributed by atoms with Crippen molar-refractivity contribution in [2.75, 3.05) is 5.32 Å². The minimum absolute atomic E-state index is 0.370. The lowest BCUT2D eigenvalue weighted by Gasteiger charge is -2.02. The topological polar surface area (TPSA) is 59.1 Å². The molecule has 3 rings (SSSR count). The number of aromatic nitrogens is 1. The standard InChI is InChI=1S/C20H18N2O2S/c1-3-14-6-10-15(11-7-14)17-12-25-20(21-17)22-19(24)18(23)16-8-4-13(2)5-9-16/h4-12H,3H2,1-2H3,(H,21,22,24). The molecule has 1 heterocycles. The first-order chi connectivity index (χ1) is 12.1. The van der Waals surface area contributed by atoms with Gasteiger partial charge in [0, 0.05) is 16.5 Å². The van der Waals surface area contributed by atoms with Gasteiger partial charge < -0.3 is 0 Å². The second-order valence-electron chi connectivity index (χ2n) is 5.74. The molecule has 2 aromatic carbocycles. The third kappa shape index (κ3) is 4.00. The number of anilines is 1. The number of aryl methyl sites for hydroxylation is 2. The van der Waals surface area contributed by atoms with Crippen molar-refractivity contribution in [3.05, 3.63) is 70.6 Å². The van der Waals surface area contributed by atoms with Crippen LogP contribution >= 0.6 is 11.3 Å². The summed E-state index contributed by atoms with van der Waals surface area (Å²) in [5.41, 5.74) is 4.44. The Hall–Kier alpha value is -2.79. The molecule has 1 N–H and O–H groups in total. The van der Waals surface area contributed by atoms with Crippen molar-refractivity contribution >= 4 is 28.2 Å². The van der Waals surface area contributed by atoms with Crippen molar-refractivity contribution in [1.82, 2.24) is 4.98 Å². The Balaban J connectivity index is 1.70. The van der Waals surface area contributed by atoms with E-state index in [1.807, 2.05) is 36.6 Å². The van der Waals surface area contributed by atoms with Gasteiger partial charge in [-0.15, -0.1) is 11.3 Å². The summed E-state index contributed by atoms with van der Waals surface area (Å²) in [6.07, 6.45) is 0.986. The molecule has 0 aliphatic rings. The quantitative estimate of drug-likeness (QED) is 0.544. The first-order valence-corrected chi connectivity index (χ1v) is 8.92. The highest BCUT2D eigenvalue weighted by molar-refractivity contribution is 7.14. The van der Waals surface area contributed by atoms with E-state index < -0.39 is 11.7 Å². The summed E-state index contributed by atoms with van der Waals surface area (Å²) in [5, 5.41) is 4.87. The second kappa shape index (κ2) is 7.40. The summed E-state index contributed by atoms with van der Waals surface area (Å²) < 4.78 is 0. The van der Waals surface area contributed by atoms with Crippen molar-refractivity contribution in [3.63, 3.8) is 0 Å². The number of hydrogen-bond acceptors (Lipinski definition) is 4. The minimum atomic E-state index is -0.675. The number of amides is 1. The fourth-order valence-electron chi connectivity index (χ4n) is 2.36. The largest absolute Gasteiger partial charge is 0.298 e. The predicted octanol–water partition coefficient (Wildman–Crippen LogP) is 4.50. The van der Waals surface area contributed by atoms with E-state index in [4.69, 9.17) is 0 Å². The highest BCUT2D eigenvalue weighted by Crippen LogP contribution is 2.25. The Morgan fingerprint density at radius 2 is 1.72 bits per heavy atom. The van der Waals surface area contributed by atoms with Gasteiger partial charge in [-0.2, -0.15) is 0 Å². The highest BCUT2D eigenvalue weighted by atomic mass is 32.1. The van der Waals surface area contributed by atoms with Gasteiger partial charge in [0.2, 0.25) is 0 Å². The van der Waals surface area contributed by atoms with E-state index in [0.717, 1.165) is 23.2 Å². The lowest BCUT2D eigenvalue weighted by Crippen LogP contribution is -2.22. The molecule has 0 fully saturated rings. The van der Waals surface area contributed by atoms with E-state index in [-0.39, 0.29) is 0 Å². The Morgan fingerprint density at radius 1 is 1.04 bits per heavy atom. The fourth-order valence-corrected chi connectivity index (χ4v) is 3.08. The molecule has 0 atom stereocenters. The van der Waals surface area contributed by atoms with Crippen LogP contribution in [0.25, 0.3) is 11.3 Å². The lowest BCUT2D eigenvalue weighted by molar-refractivity contribution is -0.112. The predicted molar refractivity (Wildman–Crippen MR) is 101 cm³/mol. The number of carbonyl (C=O) groups is 2. The zero-order valence-electron chi connectivity index (χ0n) is 14.1. The molecule has 0 saturated heterocycles. The summed E-state index contributed by atoms with van der Waals surface area (Å²) in [7, 11) is 0. The number of Topliss-reactive ketones (excluding diaryl/α,β-unsaturated/α-hetero) is 1. The Labute approximate surface area is 150 Å². The second-order valence-corrected chi connectivity index (χ2v) is 6.60. The average Bonchev–Trinajstić information content (AvgIpc) is 3.10. The Morgan fingerprint density at radius 3 is 2.36 bits per heavy atom. The molecule has 5 heteroatoms. The van der Waals surface area contributed by atoms with Crippen LogP contribution in [-0.2, 0) is 11.2 Å². The van der Waals surface area contributed by atoms with E-state index in [0.29, 0.717) is 10.7 Å². The SMILES string of the molecule is CCc1ccc(-c2csc(NC(=O)C(=O)c3ccc(C)cc3)n2)cc1. The maximum atomic E-state index is 12.2. The van der Waals surface area contributed by atoms with E-state index in [9.17, 15) is 9.59 Å². The summed E-state index contributed by atoms with van der Waals surface area (Å²) in [4.78, 5) is 28.7. The number of carbonyl (C=O) groups excluding carboxylic acids is 2. The van der Waals surface area contributed by atoms with E-state index in [2.05, 4.69) is 29.4 Å². The summed E-state index contributed by atoms with van der Waals surface area (Å²) in [6, 6.07) is 15.1. The van der Waals surface area contributed by atoms with Crippen LogP contribution in [0.5, 0.6) is 0 Å². The first-order valence-electron chi connectivity index (χ1n) is 8.04. The van der Waals surface area contributed by atoms with Gasteiger partial charge in [0.25, 0.3) is 11.7 Å². The molecule has 0 aliphatic carbocycles. The minimum Gasteiger partial charge on any atom is -0.295 e. The van der Waals surface area contributed by atoms with Gasteiger partial charge in [0.1, 0.15) is 0 Å². The smallest absolute Gasteiger partial charge is 0.295 e. The zero-order chi connectivity index (χ0) is 17.8. The monoisotopic (exact) mass is 350 g/mol. The van der Waals surface area contributed by atoms with Crippen molar-refractivity contribution in [2.24, 2.45) is 0 Å². The maximum absolute atomic E-state index is 12.2. The van der Waals surface area contributed by atoms with Crippen LogP contribution in [-0.4, -0.2) is 16.7 Å². The van der Waals surface area contributed by atoms with Gasteiger partial charge in [-0.1, -0.05) is 61.0 Å². The van der Waals surface area contributed by atoms with Gasteiger partial charge >= 0.3 is 0 Å². The zero-order valence-corrected chi connectivity index (χ0v) is 14.9. The molecule has 0 spiro atoms. The van der Waals surface area contributed by atoms with Crippen LogP contribution in [0.1, 0.15) is 28.4 Å². The van der Waals surface area contributed by atoms with E-state index >= 15 is 0 Å². The molecular weight excluding hydrogens is 332 g/mol. The molecule has 0 bridgehead atoms. The number of thiazole rings is 1. The normalized spacial score (nSPS) is 10.5. The highest BCUT2D eigenvalue weighted by Gasteiger charge is 2.17. The van der Waals surface area contributed by atoms with Crippen molar-refractivity contribution < 1.29 is 9.59 Å². The third-order valence-electron chi connectivity index (χ3n) is 3.90. The summed E-state index contributed by atoms with van der Waals surface area (Å²) >= 11 is 1.30. The molecule has 1 aromatic heterocycles. The molecular formula is C20H18N2O2S. The Bertz CT molecular complexity index is 896. The van der Waals surface area contributed by atoms with Gasteiger partial charge in [0.05, 0.1) is 5.69 Å². The molecule has 25 heavy (non-hydrogen) atoms. The number of benzene rings is 2. The van der Waals surface area contributed by atoms with Crippen LogP contribution in [0.3, 0.4) is 0 Å². The molecule has 126 valence electrons. The van der Waals surface area contributed by atoms with E-state index in [1.54, 1.807) is 12.1 Å². The van der Waals surface area contributed by atoms with Crippen molar-refractivity contribution in [3.8, 4) is 11.3 Å². The number of ketones is 1. The summed E-state index contributed by atoms with van der Waals surface area (Å²) in [6.45, 7) is 4.04. The van der Waals surface area contributed by atoms with Crippen LogP contribution < -0.4 is 5.32 Å². The third-order valence-corrected chi connectivity index (χ3v) is 4.66. The van der Waals surface area contributed by atoms with Crippen molar-refractivity contribution in [1.29, 1.82) is 0 Å². The molecule has 0 radical (unpaired) electrons. The van der Waals surface area contributed by atoms with Crippen LogP contribution in [0.15, 0.2) is 53.9 Å². The molecule has 1 amide bonds. The Kier molecular flexibility index (Phi) is 5.05. The van der Waals surface area contributed by atoms with Gasteiger partial charge in [-0.05, 0) is 18.9 Å². The fraction of sp³-hybridized carbons (Fsp3) is 0.150. The number of nitrogens with one attached hydrogen (secondary N) is 1. The molecule has 3 aromatic rings. The molecule has 4 nitrogen and oxygen atoms in total. The van der Waals surface area contributed by atoms with Crippen LogP contribution in [0.4, 0.5) is 5.13 Å². The van der Waals surface area contributed by atoms with E-state index in [1.165, 1.54) is 16.9 Å². The van der Waals surface area contributed by atoms with Gasteiger partial charge in [-0.25, -0.2) is 4.98 Å². The van der Waals surface area contributed by atoms with Gasteiger partial charge in [-0.3, -0.25) is 14.9 Å². The average molecular weight is 350 g/mol. The molecule has 0 unspecified atom stereocenters. The number of hydrogen-bond donors (Lipinski definition) is 1. The summed E-state index contributed by atoms with van der Waals surface area (Å²) in [5.74, 6) is -1.24. The molecule has 0 saturated carbocycles. The first kappa shape index (κ1) is 17.0. The molecule has 0 aliphatic heterocycles. The van der Waals surface area contributed by atoms with Crippen LogP contribution in [0.2, 0.25) is 0 Å². The lowest BCUT2D eigenvalue weighted by atomic mass is 10.1. The number of nitrogens with zero attached hydrogens (tertiary/aromatic N) is 1.